The van der Waals surface area contributed by atoms with Gasteiger partial charge in [0.2, 0.25) is 0 Å². The number of esters is 1. The third-order valence-corrected chi connectivity index (χ3v) is 4.44. The fourth-order valence-electron chi connectivity index (χ4n) is 3.08. The maximum absolute atomic E-state index is 11.7. The number of benzene rings is 2. The molecule has 0 amide bonds. The van der Waals surface area contributed by atoms with E-state index in [1.807, 2.05) is 42.5 Å². The third-order valence-electron chi connectivity index (χ3n) is 4.44. The van der Waals surface area contributed by atoms with E-state index in [9.17, 15) is 4.79 Å². The Bertz CT molecular complexity index is 1030. The molecule has 0 saturated carbocycles. The summed E-state index contributed by atoms with van der Waals surface area (Å²) in [4.78, 5) is 11.7. The van der Waals surface area contributed by atoms with Crippen LogP contribution in [-0.4, -0.2) is 23.3 Å². The van der Waals surface area contributed by atoms with Crippen molar-refractivity contribution in [3.63, 3.8) is 0 Å². The summed E-state index contributed by atoms with van der Waals surface area (Å²) < 4.78 is 10.3. The van der Waals surface area contributed by atoms with E-state index >= 15 is 0 Å². The Morgan fingerprint density at radius 3 is 2.48 bits per heavy atom. The molecular weight excluding hydrogens is 340 g/mol. The first-order valence-corrected chi connectivity index (χ1v) is 8.60. The molecular formula is C22H18N2O3. The van der Waals surface area contributed by atoms with Gasteiger partial charge in [0.25, 0.3) is 0 Å². The molecule has 5 heteroatoms. The summed E-state index contributed by atoms with van der Waals surface area (Å²) in [5.74, 6) is 0.384. The molecule has 0 spiro atoms. The molecule has 5 nitrogen and oxygen atoms in total. The van der Waals surface area contributed by atoms with E-state index in [0.29, 0.717) is 12.0 Å². The second-order valence-corrected chi connectivity index (χ2v) is 6.13. The zero-order valence-electron chi connectivity index (χ0n) is 14.8. The first-order chi connectivity index (χ1) is 13.3. The van der Waals surface area contributed by atoms with Crippen LogP contribution in [0.15, 0.2) is 77.4 Å². The number of carbonyl (C=O) groups is 1. The van der Waals surface area contributed by atoms with Crippen LogP contribution < -0.4 is 0 Å². The summed E-state index contributed by atoms with van der Waals surface area (Å²) in [6.07, 6.45) is 2.36. The van der Waals surface area contributed by atoms with E-state index in [2.05, 4.69) is 22.3 Å². The SMILES string of the molecule is COC(=O)c1ccc(-c2n[nH]c(-c3ccco3)c2Cc2ccccc2)cc1. The molecule has 0 unspecified atom stereocenters. The van der Waals surface area contributed by atoms with Gasteiger partial charge in [0.15, 0.2) is 5.76 Å². The molecule has 2 heterocycles. The van der Waals surface area contributed by atoms with E-state index in [-0.39, 0.29) is 5.97 Å². The molecule has 0 fully saturated rings. The van der Waals surface area contributed by atoms with Gasteiger partial charge in [-0.1, -0.05) is 42.5 Å². The molecule has 4 aromatic rings. The topological polar surface area (TPSA) is 68.1 Å². The molecule has 0 saturated heterocycles. The minimum Gasteiger partial charge on any atom is -0.465 e. The van der Waals surface area contributed by atoms with Gasteiger partial charge in [-0.25, -0.2) is 4.79 Å². The summed E-state index contributed by atoms with van der Waals surface area (Å²) >= 11 is 0. The summed E-state index contributed by atoms with van der Waals surface area (Å²) in [7, 11) is 1.37. The molecule has 0 aliphatic heterocycles. The van der Waals surface area contributed by atoms with Crippen molar-refractivity contribution in [3.8, 4) is 22.7 Å². The molecule has 4 rings (SSSR count). The predicted molar refractivity (Wildman–Crippen MR) is 102 cm³/mol. The highest BCUT2D eigenvalue weighted by Gasteiger charge is 2.18. The quantitative estimate of drug-likeness (QED) is 0.525. The van der Waals surface area contributed by atoms with Crippen molar-refractivity contribution in [1.82, 2.24) is 10.2 Å². The van der Waals surface area contributed by atoms with Crippen LogP contribution >= 0.6 is 0 Å². The minimum atomic E-state index is -0.357. The summed E-state index contributed by atoms with van der Waals surface area (Å²) in [6.45, 7) is 0. The number of hydrogen-bond acceptors (Lipinski definition) is 4. The molecule has 0 radical (unpaired) electrons. The van der Waals surface area contributed by atoms with Gasteiger partial charge < -0.3 is 9.15 Å². The minimum absolute atomic E-state index is 0.357. The number of nitrogens with one attached hydrogen (secondary N) is 1. The number of H-pyrrole nitrogens is 1. The van der Waals surface area contributed by atoms with Crippen molar-refractivity contribution >= 4 is 5.97 Å². The number of ether oxygens (including phenoxy) is 1. The second-order valence-electron chi connectivity index (χ2n) is 6.13. The summed E-state index contributed by atoms with van der Waals surface area (Å²) in [6, 6.07) is 21.2. The Morgan fingerprint density at radius 2 is 1.81 bits per heavy atom. The van der Waals surface area contributed by atoms with Crippen LogP contribution in [0.2, 0.25) is 0 Å². The van der Waals surface area contributed by atoms with Crippen molar-refractivity contribution in [2.75, 3.05) is 7.11 Å². The van der Waals surface area contributed by atoms with Gasteiger partial charge in [-0.3, -0.25) is 5.10 Å². The van der Waals surface area contributed by atoms with Crippen molar-refractivity contribution in [2.45, 2.75) is 6.42 Å². The smallest absolute Gasteiger partial charge is 0.337 e. The van der Waals surface area contributed by atoms with Crippen LogP contribution in [0.3, 0.4) is 0 Å². The molecule has 0 aliphatic carbocycles. The van der Waals surface area contributed by atoms with Crippen molar-refractivity contribution in [1.29, 1.82) is 0 Å². The Kier molecular flexibility index (Phi) is 4.58. The van der Waals surface area contributed by atoms with E-state index in [0.717, 1.165) is 28.3 Å². The number of furan rings is 1. The van der Waals surface area contributed by atoms with Crippen LogP contribution in [0.5, 0.6) is 0 Å². The fraction of sp³-hybridized carbons (Fsp3) is 0.0909. The van der Waals surface area contributed by atoms with Crippen LogP contribution in [0.1, 0.15) is 21.5 Å². The first-order valence-electron chi connectivity index (χ1n) is 8.60. The highest BCUT2D eigenvalue weighted by Crippen LogP contribution is 2.32. The lowest BCUT2D eigenvalue weighted by atomic mass is 9.97. The van der Waals surface area contributed by atoms with Gasteiger partial charge >= 0.3 is 5.97 Å². The number of aromatic amines is 1. The molecule has 0 aliphatic rings. The second kappa shape index (κ2) is 7.33. The number of nitrogens with zero attached hydrogens (tertiary/aromatic N) is 1. The van der Waals surface area contributed by atoms with Crippen LogP contribution in [-0.2, 0) is 11.2 Å². The lowest BCUT2D eigenvalue weighted by Gasteiger charge is -2.06. The number of methoxy groups -OCH3 is 1. The number of carbonyl (C=O) groups excluding carboxylic acids is 1. The van der Waals surface area contributed by atoms with E-state index in [1.165, 1.54) is 12.7 Å². The Labute approximate surface area is 156 Å². The lowest BCUT2D eigenvalue weighted by molar-refractivity contribution is 0.0601. The zero-order chi connectivity index (χ0) is 18.6. The van der Waals surface area contributed by atoms with Crippen molar-refractivity contribution in [3.05, 3.63) is 89.7 Å². The van der Waals surface area contributed by atoms with Gasteiger partial charge in [-0.05, 0) is 29.8 Å². The van der Waals surface area contributed by atoms with E-state index in [1.54, 1.807) is 18.4 Å². The van der Waals surface area contributed by atoms with E-state index < -0.39 is 0 Å². The zero-order valence-corrected chi connectivity index (χ0v) is 14.8. The molecule has 2 aromatic carbocycles. The number of aromatic nitrogens is 2. The molecule has 1 N–H and O–H groups in total. The Hall–Kier alpha value is -3.60. The van der Waals surface area contributed by atoms with Crippen LogP contribution in [0, 0.1) is 0 Å². The predicted octanol–water partition coefficient (Wildman–Crippen LogP) is 4.71. The van der Waals surface area contributed by atoms with Gasteiger partial charge in [0.1, 0.15) is 5.69 Å². The Balaban J connectivity index is 1.77. The highest BCUT2D eigenvalue weighted by atomic mass is 16.5. The van der Waals surface area contributed by atoms with Gasteiger partial charge in [0.05, 0.1) is 24.6 Å². The van der Waals surface area contributed by atoms with Crippen LogP contribution in [0.25, 0.3) is 22.7 Å². The van der Waals surface area contributed by atoms with Crippen molar-refractivity contribution in [2.24, 2.45) is 0 Å². The lowest BCUT2D eigenvalue weighted by Crippen LogP contribution is -2.00. The third kappa shape index (κ3) is 3.40. The summed E-state index contributed by atoms with van der Waals surface area (Å²) in [5.41, 5.74) is 5.34. The average molecular weight is 358 g/mol. The normalized spacial score (nSPS) is 10.7. The molecule has 0 bridgehead atoms. The largest absolute Gasteiger partial charge is 0.465 e. The van der Waals surface area contributed by atoms with Crippen molar-refractivity contribution < 1.29 is 13.9 Å². The molecule has 134 valence electrons. The number of hydrogen-bond donors (Lipinski definition) is 1. The first kappa shape index (κ1) is 16.8. The van der Waals surface area contributed by atoms with Gasteiger partial charge in [-0.2, -0.15) is 5.10 Å². The fourth-order valence-corrected chi connectivity index (χ4v) is 3.08. The maximum Gasteiger partial charge on any atom is 0.337 e. The monoisotopic (exact) mass is 358 g/mol. The van der Waals surface area contributed by atoms with E-state index in [4.69, 9.17) is 9.15 Å². The highest BCUT2D eigenvalue weighted by molar-refractivity contribution is 5.90. The van der Waals surface area contributed by atoms with Crippen LogP contribution in [0.4, 0.5) is 0 Å². The molecule has 27 heavy (non-hydrogen) atoms. The van der Waals surface area contributed by atoms with Gasteiger partial charge in [0, 0.05) is 17.5 Å². The molecule has 2 aromatic heterocycles. The Morgan fingerprint density at radius 1 is 1.04 bits per heavy atom. The van der Waals surface area contributed by atoms with Gasteiger partial charge in [-0.15, -0.1) is 0 Å². The number of rotatable bonds is 5. The average Bonchev–Trinajstić information content (AvgIpc) is 3.38. The molecule has 0 atom stereocenters. The maximum atomic E-state index is 11.7. The summed E-state index contributed by atoms with van der Waals surface area (Å²) in [5, 5.41) is 7.64. The standard InChI is InChI=1S/C22H18N2O3/c1-26-22(25)17-11-9-16(10-12-17)20-18(14-15-6-3-2-4-7-15)21(24-23-20)19-8-5-13-27-19/h2-13H,14H2,1H3,(H,23,24).